The normalized spacial score (nSPS) is 16.0. The molecule has 0 heterocycles. The molecule has 0 spiro atoms. The third-order valence-corrected chi connectivity index (χ3v) is 2.37. The Kier molecular flexibility index (Phi) is 6.39. The number of methoxy groups -OCH3 is 1. The van der Waals surface area contributed by atoms with Crippen molar-refractivity contribution in [2.24, 2.45) is 11.1 Å². The molecule has 0 radical (unpaired) electrons. The van der Waals surface area contributed by atoms with E-state index < -0.39 is 0 Å². The van der Waals surface area contributed by atoms with Gasteiger partial charge in [-0.25, -0.2) is 0 Å². The van der Waals surface area contributed by atoms with Gasteiger partial charge in [0.15, 0.2) is 0 Å². The largest absolute Gasteiger partial charge is 0.384 e. The number of rotatable bonds is 7. The Balaban J connectivity index is 3.63. The minimum Gasteiger partial charge on any atom is -0.384 e. The molecule has 1 atom stereocenters. The van der Waals surface area contributed by atoms with Crippen molar-refractivity contribution in [1.29, 1.82) is 0 Å². The maximum Gasteiger partial charge on any atom is 0.0528 e. The molecule has 74 valence electrons. The minimum atomic E-state index is 0.198. The zero-order valence-corrected chi connectivity index (χ0v) is 8.73. The first-order valence-corrected chi connectivity index (χ1v) is 4.87. The summed E-state index contributed by atoms with van der Waals surface area (Å²) in [6, 6.07) is 0. The lowest BCUT2D eigenvalue weighted by atomic mass is 9.86. The van der Waals surface area contributed by atoms with E-state index in [1.165, 1.54) is 25.7 Å². The van der Waals surface area contributed by atoms with Gasteiger partial charge in [-0.05, 0) is 13.0 Å². The summed E-state index contributed by atoms with van der Waals surface area (Å²) >= 11 is 0. The second kappa shape index (κ2) is 6.44. The molecule has 0 aromatic heterocycles. The smallest absolute Gasteiger partial charge is 0.0528 e. The molecule has 2 nitrogen and oxygen atoms in total. The lowest BCUT2D eigenvalue weighted by Crippen LogP contribution is -2.31. The lowest BCUT2D eigenvalue weighted by molar-refractivity contribution is 0.0890. The molecule has 0 aliphatic rings. The van der Waals surface area contributed by atoms with Crippen LogP contribution in [0.5, 0.6) is 0 Å². The van der Waals surface area contributed by atoms with E-state index in [1.807, 2.05) is 0 Å². The van der Waals surface area contributed by atoms with Crippen LogP contribution in [0.1, 0.15) is 39.5 Å². The highest BCUT2D eigenvalue weighted by Crippen LogP contribution is 2.23. The van der Waals surface area contributed by atoms with Gasteiger partial charge in [-0.1, -0.05) is 33.1 Å². The third kappa shape index (κ3) is 4.73. The number of hydrogen-bond donors (Lipinski definition) is 1. The molecule has 0 rings (SSSR count). The first-order chi connectivity index (χ1) is 5.68. The predicted molar refractivity (Wildman–Crippen MR) is 53.2 cm³/mol. The Morgan fingerprint density at radius 1 is 1.33 bits per heavy atom. The first kappa shape index (κ1) is 11.9. The SMILES string of the molecule is CCCCCC(C)(CN)COC. The summed E-state index contributed by atoms with van der Waals surface area (Å²) in [6.45, 7) is 5.93. The average molecular weight is 173 g/mol. The first-order valence-electron chi connectivity index (χ1n) is 4.87. The molecule has 0 amide bonds. The maximum atomic E-state index is 5.70. The molecule has 0 aliphatic carbocycles. The van der Waals surface area contributed by atoms with Gasteiger partial charge >= 0.3 is 0 Å². The third-order valence-electron chi connectivity index (χ3n) is 2.37. The summed E-state index contributed by atoms with van der Waals surface area (Å²) in [7, 11) is 1.74. The van der Waals surface area contributed by atoms with Crippen LogP contribution in [-0.2, 0) is 4.74 Å². The van der Waals surface area contributed by atoms with E-state index in [-0.39, 0.29) is 5.41 Å². The van der Waals surface area contributed by atoms with Gasteiger partial charge in [0.25, 0.3) is 0 Å². The van der Waals surface area contributed by atoms with Gasteiger partial charge in [0, 0.05) is 12.5 Å². The van der Waals surface area contributed by atoms with Crippen molar-refractivity contribution in [3.05, 3.63) is 0 Å². The van der Waals surface area contributed by atoms with Crippen molar-refractivity contribution in [1.82, 2.24) is 0 Å². The summed E-state index contributed by atoms with van der Waals surface area (Å²) in [5.41, 5.74) is 5.89. The molecule has 0 fully saturated rings. The maximum absolute atomic E-state index is 5.70. The fourth-order valence-electron chi connectivity index (χ4n) is 1.38. The molecule has 2 heteroatoms. The molecule has 12 heavy (non-hydrogen) atoms. The summed E-state index contributed by atoms with van der Waals surface area (Å²) in [4.78, 5) is 0. The van der Waals surface area contributed by atoms with Gasteiger partial charge in [0.1, 0.15) is 0 Å². The summed E-state index contributed by atoms with van der Waals surface area (Å²) in [5.74, 6) is 0. The monoisotopic (exact) mass is 173 g/mol. The van der Waals surface area contributed by atoms with Crippen molar-refractivity contribution >= 4 is 0 Å². The highest BCUT2D eigenvalue weighted by Gasteiger charge is 2.21. The van der Waals surface area contributed by atoms with E-state index in [0.29, 0.717) is 0 Å². The Morgan fingerprint density at radius 3 is 2.42 bits per heavy atom. The van der Waals surface area contributed by atoms with Crippen LogP contribution in [0, 0.1) is 5.41 Å². The quantitative estimate of drug-likeness (QED) is 0.599. The average Bonchev–Trinajstić information content (AvgIpc) is 2.06. The summed E-state index contributed by atoms with van der Waals surface area (Å²) in [6.07, 6.45) is 5.03. The molecular weight excluding hydrogens is 150 g/mol. The highest BCUT2D eigenvalue weighted by atomic mass is 16.5. The van der Waals surface area contributed by atoms with E-state index in [9.17, 15) is 0 Å². The molecule has 0 aliphatic heterocycles. The van der Waals surface area contributed by atoms with E-state index in [1.54, 1.807) is 7.11 Å². The van der Waals surface area contributed by atoms with Crippen LogP contribution in [0.25, 0.3) is 0 Å². The van der Waals surface area contributed by atoms with Gasteiger partial charge in [0.2, 0.25) is 0 Å². The van der Waals surface area contributed by atoms with Crippen LogP contribution in [0.15, 0.2) is 0 Å². The van der Waals surface area contributed by atoms with Gasteiger partial charge < -0.3 is 10.5 Å². The molecule has 0 aromatic carbocycles. The van der Waals surface area contributed by atoms with Crippen LogP contribution in [-0.4, -0.2) is 20.3 Å². The van der Waals surface area contributed by atoms with Crippen LogP contribution in [0.4, 0.5) is 0 Å². The minimum absolute atomic E-state index is 0.198. The zero-order valence-electron chi connectivity index (χ0n) is 8.73. The molecule has 0 bridgehead atoms. The van der Waals surface area contributed by atoms with Crippen LogP contribution in [0.3, 0.4) is 0 Å². The molecule has 0 saturated carbocycles. The van der Waals surface area contributed by atoms with Crippen LogP contribution < -0.4 is 5.73 Å². The van der Waals surface area contributed by atoms with E-state index in [4.69, 9.17) is 10.5 Å². The Labute approximate surface area is 76.5 Å². The molecular formula is C10H23NO. The topological polar surface area (TPSA) is 35.2 Å². The van der Waals surface area contributed by atoms with Crippen molar-refractivity contribution in [3.8, 4) is 0 Å². The second-order valence-corrected chi connectivity index (χ2v) is 3.90. The van der Waals surface area contributed by atoms with Crippen LogP contribution in [0.2, 0.25) is 0 Å². The van der Waals surface area contributed by atoms with E-state index in [0.717, 1.165) is 13.2 Å². The molecule has 1 unspecified atom stereocenters. The Morgan fingerprint density at radius 2 is 2.00 bits per heavy atom. The molecule has 0 aromatic rings. The number of nitrogens with two attached hydrogens (primary N) is 1. The zero-order chi connectivity index (χ0) is 9.45. The number of ether oxygens (including phenoxy) is 1. The number of unbranched alkanes of at least 4 members (excludes halogenated alkanes) is 2. The standard InChI is InChI=1S/C10H23NO/c1-4-5-6-7-10(2,8-11)9-12-3/h4-9,11H2,1-3H3. The fraction of sp³-hybridized carbons (Fsp3) is 1.00. The Bertz CT molecular complexity index is 106. The van der Waals surface area contributed by atoms with Crippen LogP contribution >= 0.6 is 0 Å². The van der Waals surface area contributed by atoms with Gasteiger partial charge in [-0.15, -0.1) is 0 Å². The molecule has 0 saturated heterocycles. The summed E-state index contributed by atoms with van der Waals surface area (Å²) in [5, 5.41) is 0. The van der Waals surface area contributed by atoms with Crippen molar-refractivity contribution in [2.75, 3.05) is 20.3 Å². The number of hydrogen-bond acceptors (Lipinski definition) is 2. The van der Waals surface area contributed by atoms with Crippen molar-refractivity contribution in [3.63, 3.8) is 0 Å². The summed E-state index contributed by atoms with van der Waals surface area (Å²) < 4.78 is 5.15. The van der Waals surface area contributed by atoms with Gasteiger partial charge in [0.05, 0.1) is 6.61 Å². The fourth-order valence-corrected chi connectivity index (χ4v) is 1.38. The predicted octanol–water partition coefficient (Wildman–Crippen LogP) is 2.18. The molecule has 2 N–H and O–H groups in total. The van der Waals surface area contributed by atoms with E-state index in [2.05, 4.69) is 13.8 Å². The highest BCUT2D eigenvalue weighted by molar-refractivity contribution is 4.74. The lowest BCUT2D eigenvalue weighted by Gasteiger charge is -2.26. The van der Waals surface area contributed by atoms with Gasteiger partial charge in [-0.2, -0.15) is 0 Å². The van der Waals surface area contributed by atoms with Crippen molar-refractivity contribution in [2.45, 2.75) is 39.5 Å². The second-order valence-electron chi connectivity index (χ2n) is 3.90. The Hall–Kier alpha value is -0.0800. The van der Waals surface area contributed by atoms with Gasteiger partial charge in [-0.3, -0.25) is 0 Å². The van der Waals surface area contributed by atoms with E-state index >= 15 is 0 Å². The van der Waals surface area contributed by atoms with Crippen molar-refractivity contribution < 1.29 is 4.74 Å².